The van der Waals surface area contributed by atoms with Crippen LogP contribution in [0.15, 0.2) is 73.4 Å². The van der Waals surface area contributed by atoms with Crippen LogP contribution < -0.4 is 5.73 Å². The SMILES string of the molecule is C=C/C=C/C=C/C=C/C=C/C(C)C/C=C/C(C[C@@H]1OC(O)(CC(O)CC(O)C(O)CCC(O)CC(O)CC(=O)O[C@@H](C)C[C@H](O)C(C)C)C[C@H](O)[C@H]1C(=O)O)O[C@@H]1O[C@H](C)[C@@H](O)[C@H](N)[C@@H]1O. The van der Waals surface area contributed by atoms with Gasteiger partial charge in [-0.25, -0.2) is 0 Å². The summed E-state index contributed by atoms with van der Waals surface area (Å²) in [5.74, 6) is -6.04. The second kappa shape index (κ2) is 29.7. The third-order valence-electron chi connectivity index (χ3n) is 11.7. The Morgan fingerprint density at radius 2 is 1.45 bits per heavy atom. The molecule has 18 nitrogen and oxygen atoms in total. The lowest BCUT2D eigenvalue weighted by molar-refractivity contribution is -0.308. The number of allylic oxidation sites excluding steroid dienone is 10. The lowest BCUT2D eigenvalue weighted by Crippen LogP contribution is -2.61. The number of aliphatic hydroxyl groups is 10. The minimum absolute atomic E-state index is 0.0280. The van der Waals surface area contributed by atoms with Crippen LogP contribution in [0.2, 0.25) is 0 Å². The molecule has 18 heteroatoms. The molecule has 0 amide bonds. The molecule has 0 radical (unpaired) electrons. The van der Waals surface area contributed by atoms with Gasteiger partial charge in [-0.3, -0.25) is 9.59 Å². The lowest BCUT2D eigenvalue weighted by Gasteiger charge is -2.45. The molecule has 66 heavy (non-hydrogen) atoms. The van der Waals surface area contributed by atoms with E-state index in [1.807, 2.05) is 63.3 Å². The Morgan fingerprint density at radius 3 is 2.08 bits per heavy atom. The van der Waals surface area contributed by atoms with Crippen LogP contribution >= 0.6 is 0 Å². The third kappa shape index (κ3) is 21.4. The Balaban J connectivity index is 2.10. The Kier molecular flexibility index (Phi) is 26.5. The van der Waals surface area contributed by atoms with Crippen molar-refractivity contribution in [1.29, 1.82) is 0 Å². The molecule has 8 unspecified atom stereocenters. The summed E-state index contributed by atoms with van der Waals surface area (Å²) in [5.41, 5.74) is 6.04. The predicted molar refractivity (Wildman–Crippen MR) is 244 cm³/mol. The molecule has 0 aliphatic carbocycles. The second-order valence-corrected chi connectivity index (χ2v) is 18.2. The Morgan fingerprint density at radius 1 is 0.818 bits per heavy atom. The summed E-state index contributed by atoms with van der Waals surface area (Å²) in [6.45, 7) is 12.4. The van der Waals surface area contributed by atoms with Crippen LogP contribution in [0.5, 0.6) is 0 Å². The highest BCUT2D eigenvalue weighted by Gasteiger charge is 2.51. The molecule has 18 atom stereocenters. The van der Waals surface area contributed by atoms with Crippen LogP contribution in [0.25, 0.3) is 0 Å². The van der Waals surface area contributed by atoms with Gasteiger partial charge in [0.1, 0.15) is 18.1 Å². The molecule has 0 aromatic carbocycles. The van der Waals surface area contributed by atoms with Crippen LogP contribution in [0.3, 0.4) is 0 Å². The summed E-state index contributed by atoms with van der Waals surface area (Å²) in [6.07, 6.45) is 0.376. The van der Waals surface area contributed by atoms with Crippen molar-refractivity contribution in [3.8, 4) is 0 Å². The highest BCUT2D eigenvalue weighted by molar-refractivity contribution is 5.71. The van der Waals surface area contributed by atoms with Crippen LogP contribution in [0, 0.1) is 17.8 Å². The van der Waals surface area contributed by atoms with Gasteiger partial charge < -0.3 is 80.9 Å². The van der Waals surface area contributed by atoms with Gasteiger partial charge in [0.15, 0.2) is 12.1 Å². The van der Waals surface area contributed by atoms with Crippen LogP contribution in [0.4, 0.5) is 0 Å². The van der Waals surface area contributed by atoms with Crippen molar-refractivity contribution in [2.75, 3.05) is 0 Å². The molecule has 378 valence electrons. The molecular formula is C48H79NO17. The van der Waals surface area contributed by atoms with Gasteiger partial charge in [0.25, 0.3) is 0 Å². The Hall–Kier alpha value is -3.18. The maximum Gasteiger partial charge on any atom is 0.311 e. The van der Waals surface area contributed by atoms with E-state index < -0.39 is 141 Å². The van der Waals surface area contributed by atoms with Crippen LogP contribution in [-0.2, 0) is 28.5 Å². The fourth-order valence-electron chi connectivity index (χ4n) is 7.78. The predicted octanol–water partition coefficient (Wildman–Crippen LogP) is 1.57. The van der Waals surface area contributed by atoms with E-state index in [4.69, 9.17) is 24.7 Å². The largest absolute Gasteiger partial charge is 0.481 e. The molecule has 0 bridgehead atoms. The number of hydrogen-bond acceptors (Lipinski definition) is 17. The third-order valence-corrected chi connectivity index (χ3v) is 11.7. The maximum absolute atomic E-state index is 12.5. The number of rotatable bonds is 29. The van der Waals surface area contributed by atoms with Crippen molar-refractivity contribution in [3.05, 3.63) is 73.4 Å². The number of carboxylic acid groups (broad SMARTS) is 1. The van der Waals surface area contributed by atoms with Crippen LogP contribution in [-0.4, -0.2) is 166 Å². The Bertz CT molecular complexity index is 1590. The van der Waals surface area contributed by atoms with Gasteiger partial charge in [0, 0.05) is 32.1 Å². The number of hydrogen-bond donors (Lipinski definition) is 12. The van der Waals surface area contributed by atoms with Gasteiger partial charge in [-0.05, 0) is 51.4 Å². The number of carbonyl (C=O) groups is 2. The monoisotopic (exact) mass is 942 g/mol. The van der Waals surface area contributed by atoms with Gasteiger partial charge in [0.05, 0.1) is 79.6 Å². The standard InChI is InChI=1S/C48H79NO17/c1-7-8-9-10-11-12-13-14-16-29(4)17-15-18-35(65-47-45(59)43(49)44(58)31(6)64-47)25-40-42(46(60)61)39(56)27-48(62,66-40)26-34(52)23-38(55)36(53)20-19-32(50)22-33(51)24-41(57)63-30(5)21-37(54)28(2)3/h7-16,18,28-40,42-45,47,50-56,58-59,62H,1,17,19-27,49H2,2-6H3,(H,60,61)/b9-8+,11-10+,13-12+,16-14+,18-15+/t29?,30-,31+,32?,33?,34?,35?,36?,37-,38?,39-,40-,42+,43-,44+,45-,47-,48?/m0/s1. The number of nitrogens with two attached hydrogens (primary N) is 1. The maximum atomic E-state index is 12.5. The number of aliphatic carboxylic acids is 1. The molecule has 0 aromatic heterocycles. The molecule has 13 N–H and O–H groups in total. The van der Waals surface area contributed by atoms with E-state index in [1.54, 1.807) is 38.2 Å². The second-order valence-electron chi connectivity index (χ2n) is 18.2. The normalized spacial score (nSPS) is 30.7. The molecule has 2 aliphatic heterocycles. The fraction of sp³-hybridized carbons (Fsp3) is 0.708. The average Bonchev–Trinajstić information content (AvgIpc) is 3.20. The fourth-order valence-corrected chi connectivity index (χ4v) is 7.78. The number of ether oxygens (including phenoxy) is 4. The number of carboxylic acids is 1. The molecule has 0 spiro atoms. The molecule has 2 rings (SSSR count). The van der Waals surface area contributed by atoms with E-state index in [0.29, 0.717) is 6.42 Å². The zero-order valence-electron chi connectivity index (χ0n) is 39.0. The zero-order valence-corrected chi connectivity index (χ0v) is 39.0. The highest BCUT2D eigenvalue weighted by atomic mass is 16.7. The van der Waals surface area contributed by atoms with E-state index in [1.165, 1.54) is 0 Å². The minimum Gasteiger partial charge on any atom is -0.481 e. The van der Waals surface area contributed by atoms with Crippen molar-refractivity contribution < 1.29 is 84.7 Å². The first-order valence-corrected chi connectivity index (χ1v) is 22.9. The first-order chi connectivity index (χ1) is 31.0. The van der Waals surface area contributed by atoms with Crippen LogP contribution in [0.1, 0.15) is 98.8 Å². The van der Waals surface area contributed by atoms with Crippen molar-refractivity contribution in [2.24, 2.45) is 23.5 Å². The first kappa shape index (κ1) is 58.9. The van der Waals surface area contributed by atoms with E-state index in [0.717, 1.165) is 0 Å². The van der Waals surface area contributed by atoms with Gasteiger partial charge in [0.2, 0.25) is 0 Å². The van der Waals surface area contributed by atoms with E-state index in [-0.39, 0.29) is 43.9 Å². The van der Waals surface area contributed by atoms with E-state index in [9.17, 15) is 65.8 Å². The van der Waals surface area contributed by atoms with Gasteiger partial charge in [-0.2, -0.15) is 0 Å². The number of esters is 1. The summed E-state index contributed by atoms with van der Waals surface area (Å²) in [5, 5.41) is 117. The minimum atomic E-state index is -2.32. The summed E-state index contributed by atoms with van der Waals surface area (Å²) < 4.78 is 23.0. The first-order valence-electron chi connectivity index (χ1n) is 22.9. The van der Waals surface area contributed by atoms with Crippen molar-refractivity contribution in [1.82, 2.24) is 0 Å². The smallest absolute Gasteiger partial charge is 0.311 e. The van der Waals surface area contributed by atoms with Gasteiger partial charge in [-0.15, -0.1) is 0 Å². The van der Waals surface area contributed by atoms with Crippen molar-refractivity contribution in [2.45, 2.75) is 196 Å². The van der Waals surface area contributed by atoms with Gasteiger partial charge >= 0.3 is 11.9 Å². The summed E-state index contributed by atoms with van der Waals surface area (Å²) in [4.78, 5) is 24.7. The average molecular weight is 942 g/mol. The summed E-state index contributed by atoms with van der Waals surface area (Å²) >= 11 is 0. The molecule has 2 fully saturated rings. The molecule has 0 aromatic rings. The van der Waals surface area contributed by atoms with Gasteiger partial charge in [-0.1, -0.05) is 94.2 Å². The summed E-state index contributed by atoms with van der Waals surface area (Å²) in [7, 11) is 0. The molecule has 2 heterocycles. The van der Waals surface area contributed by atoms with Crippen molar-refractivity contribution >= 4 is 11.9 Å². The summed E-state index contributed by atoms with van der Waals surface area (Å²) in [6, 6.07) is -1.14. The van der Waals surface area contributed by atoms with E-state index >= 15 is 0 Å². The number of carbonyl (C=O) groups excluding carboxylic acids is 1. The van der Waals surface area contributed by atoms with E-state index in [2.05, 4.69) is 6.58 Å². The number of aliphatic hydroxyl groups excluding tert-OH is 9. The Labute approximate surface area is 389 Å². The highest BCUT2D eigenvalue weighted by Crippen LogP contribution is 2.38. The van der Waals surface area contributed by atoms with Crippen molar-refractivity contribution in [3.63, 3.8) is 0 Å². The molecule has 2 saturated heterocycles. The molecule has 2 aliphatic rings. The zero-order chi connectivity index (χ0) is 49.7. The lowest BCUT2D eigenvalue weighted by atomic mass is 9.82. The quantitative estimate of drug-likeness (QED) is 0.0288. The topological polar surface area (TPSA) is 320 Å². The molecule has 0 saturated carbocycles. The molecular weight excluding hydrogens is 863 g/mol.